The van der Waals surface area contributed by atoms with Gasteiger partial charge in [-0.15, -0.1) is 0 Å². The first kappa shape index (κ1) is 14.9. The number of carbonyl (C=O) groups excluding carboxylic acids is 1. The zero-order valence-electron chi connectivity index (χ0n) is 10.8. The fourth-order valence-corrected chi connectivity index (χ4v) is 1.49. The Morgan fingerprint density at radius 3 is 2.79 bits per heavy atom. The number of carboxylic acid groups (broad SMARTS) is 1. The minimum Gasteiger partial charge on any atom is -0.478 e. The van der Waals surface area contributed by atoms with Crippen LogP contribution in [0.2, 0.25) is 0 Å². The van der Waals surface area contributed by atoms with Crippen molar-refractivity contribution in [3.05, 3.63) is 29.6 Å². The molecule has 0 fully saturated rings. The van der Waals surface area contributed by atoms with E-state index < -0.39 is 12.1 Å². The minimum atomic E-state index is -1.04. The first-order valence-electron chi connectivity index (χ1n) is 5.75. The zero-order valence-corrected chi connectivity index (χ0v) is 10.8. The molecule has 1 aromatic heterocycles. The fraction of sp³-hybridized carbons (Fsp3) is 0.417. The van der Waals surface area contributed by atoms with Crippen LogP contribution in [0.4, 0.5) is 4.79 Å². The number of aliphatic hydroxyl groups excluding tert-OH is 1. The topological polar surface area (TPSA) is 103 Å². The second-order valence-electron chi connectivity index (χ2n) is 4.23. The lowest BCUT2D eigenvalue weighted by molar-refractivity contribution is 0.0696. The molecule has 0 radical (unpaired) electrons. The van der Waals surface area contributed by atoms with E-state index in [0.717, 1.165) is 0 Å². The molecule has 0 aliphatic rings. The molecule has 0 saturated carbocycles. The number of pyridine rings is 1. The number of aromatic carboxylic acids is 1. The maximum atomic E-state index is 11.6. The molecular formula is C12H17N3O4. The van der Waals surface area contributed by atoms with Gasteiger partial charge >= 0.3 is 12.0 Å². The fourth-order valence-electron chi connectivity index (χ4n) is 1.49. The van der Waals surface area contributed by atoms with Crippen LogP contribution in [0, 0.1) is 0 Å². The third-order valence-corrected chi connectivity index (χ3v) is 2.37. The molecule has 0 bridgehead atoms. The predicted molar refractivity (Wildman–Crippen MR) is 67.7 cm³/mol. The lowest BCUT2D eigenvalue weighted by Gasteiger charge is -2.19. The predicted octanol–water partition coefficient (Wildman–Crippen LogP) is 0.302. The van der Waals surface area contributed by atoms with Gasteiger partial charge in [0.2, 0.25) is 0 Å². The molecule has 0 aliphatic carbocycles. The summed E-state index contributed by atoms with van der Waals surface area (Å²) in [6.45, 7) is 1.93. The number of urea groups is 1. The molecule has 2 amide bonds. The molecule has 0 aromatic carbocycles. The van der Waals surface area contributed by atoms with E-state index in [1.54, 1.807) is 14.0 Å². The normalized spacial score (nSPS) is 11.7. The summed E-state index contributed by atoms with van der Waals surface area (Å²) in [6.07, 6.45) is 0.772. The van der Waals surface area contributed by atoms with Gasteiger partial charge < -0.3 is 20.4 Å². The Bertz CT molecular complexity index is 462. The molecule has 7 heteroatoms. The largest absolute Gasteiger partial charge is 0.478 e. The van der Waals surface area contributed by atoms with Crippen LogP contribution in [0.1, 0.15) is 23.0 Å². The van der Waals surface area contributed by atoms with E-state index in [9.17, 15) is 9.59 Å². The van der Waals surface area contributed by atoms with Gasteiger partial charge in [0.05, 0.1) is 23.9 Å². The molecule has 1 rings (SSSR count). The number of nitrogens with one attached hydrogen (secondary N) is 1. The maximum absolute atomic E-state index is 11.6. The standard InChI is InChI=1S/C12H17N3O4/c1-8(16)7-15(2)12(19)14-6-10-5-9(11(17)18)3-4-13-10/h3-5,8,16H,6-7H2,1-2H3,(H,14,19)(H,17,18). The van der Waals surface area contributed by atoms with E-state index in [0.29, 0.717) is 5.69 Å². The zero-order chi connectivity index (χ0) is 14.4. The van der Waals surface area contributed by atoms with Crippen LogP contribution in [0.15, 0.2) is 18.3 Å². The van der Waals surface area contributed by atoms with Crippen LogP contribution >= 0.6 is 0 Å². The number of aromatic nitrogens is 1. The summed E-state index contributed by atoms with van der Waals surface area (Å²) in [5.41, 5.74) is 0.579. The van der Waals surface area contributed by atoms with Crippen molar-refractivity contribution in [2.24, 2.45) is 0 Å². The van der Waals surface area contributed by atoms with Gasteiger partial charge in [-0.2, -0.15) is 0 Å². The summed E-state index contributed by atoms with van der Waals surface area (Å²) in [6, 6.07) is 2.42. The van der Waals surface area contributed by atoms with Gasteiger partial charge in [-0.05, 0) is 19.1 Å². The van der Waals surface area contributed by atoms with Crippen molar-refractivity contribution in [2.75, 3.05) is 13.6 Å². The number of nitrogens with zero attached hydrogens (tertiary/aromatic N) is 2. The van der Waals surface area contributed by atoms with Crippen LogP contribution < -0.4 is 5.32 Å². The van der Waals surface area contributed by atoms with Crippen molar-refractivity contribution in [1.82, 2.24) is 15.2 Å². The highest BCUT2D eigenvalue weighted by Crippen LogP contribution is 2.02. The lowest BCUT2D eigenvalue weighted by Crippen LogP contribution is -2.40. The van der Waals surface area contributed by atoms with Crippen molar-refractivity contribution in [3.63, 3.8) is 0 Å². The Kier molecular flexibility index (Phi) is 5.25. The summed E-state index contributed by atoms with van der Waals surface area (Å²) in [5, 5.41) is 20.6. The van der Waals surface area contributed by atoms with E-state index in [2.05, 4.69) is 10.3 Å². The first-order chi connectivity index (χ1) is 8.90. The molecule has 104 valence electrons. The highest BCUT2D eigenvalue weighted by Gasteiger charge is 2.11. The third kappa shape index (κ3) is 4.92. The van der Waals surface area contributed by atoms with Gasteiger partial charge in [0.1, 0.15) is 0 Å². The molecule has 0 saturated heterocycles. The lowest BCUT2D eigenvalue weighted by atomic mass is 10.2. The molecule has 1 aromatic rings. The smallest absolute Gasteiger partial charge is 0.335 e. The summed E-state index contributed by atoms with van der Waals surface area (Å²) in [7, 11) is 1.56. The van der Waals surface area contributed by atoms with E-state index in [4.69, 9.17) is 10.2 Å². The molecule has 1 atom stereocenters. The highest BCUT2D eigenvalue weighted by molar-refractivity contribution is 5.87. The molecule has 3 N–H and O–H groups in total. The summed E-state index contributed by atoms with van der Waals surface area (Å²) in [5.74, 6) is -1.04. The number of aliphatic hydroxyl groups is 1. The highest BCUT2D eigenvalue weighted by atomic mass is 16.4. The van der Waals surface area contributed by atoms with Crippen LogP contribution in [-0.4, -0.2) is 51.8 Å². The van der Waals surface area contributed by atoms with Gasteiger partial charge in [-0.3, -0.25) is 4.98 Å². The molecule has 0 aliphatic heterocycles. The summed E-state index contributed by atoms with van der Waals surface area (Å²) in [4.78, 5) is 27.7. The van der Waals surface area contributed by atoms with Gasteiger partial charge in [0.15, 0.2) is 0 Å². The molecular weight excluding hydrogens is 250 g/mol. The Morgan fingerprint density at radius 2 is 2.21 bits per heavy atom. The van der Waals surface area contributed by atoms with Gasteiger partial charge in [-0.25, -0.2) is 9.59 Å². The van der Waals surface area contributed by atoms with Crippen LogP contribution in [-0.2, 0) is 6.54 Å². The Hall–Kier alpha value is -2.15. The van der Waals surface area contributed by atoms with Crippen LogP contribution in [0.5, 0.6) is 0 Å². The Balaban J connectivity index is 2.54. The SMILES string of the molecule is CC(O)CN(C)C(=O)NCc1cc(C(=O)O)ccn1. The summed E-state index contributed by atoms with van der Waals surface area (Å²) >= 11 is 0. The molecule has 1 unspecified atom stereocenters. The van der Waals surface area contributed by atoms with Crippen molar-refractivity contribution in [3.8, 4) is 0 Å². The van der Waals surface area contributed by atoms with Crippen molar-refractivity contribution < 1.29 is 19.8 Å². The van der Waals surface area contributed by atoms with Crippen LogP contribution in [0.25, 0.3) is 0 Å². The van der Waals surface area contributed by atoms with E-state index in [1.165, 1.54) is 23.2 Å². The molecule has 19 heavy (non-hydrogen) atoms. The van der Waals surface area contributed by atoms with Crippen molar-refractivity contribution in [2.45, 2.75) is 19.6 Å². The third-order valence-electron chi connectivity index (χ3n) is 2.37. The minimum absolute atomic E-state index is 0.122. The second-order valence-corrected chi connectivity index (χ2v) is 4.23. The van der Waals surface area contributed by atoms with Crippen molar-refractivity contribution >= 4 is 12.0 Å². The quantitative estimate of drug-likeness (QED) is 0.712. The van der Waals surface area contributed by atoms with Gasteiger partial charge in [-0.1, -0.05) is 0 Å². The number of carboxylic acids is 1. The van der Waals surface area contributed by atoms with Gasteiger partial charge in [0, 0.05) is 19.8 Å². The van der Waals surface area contributed by atoms with E-state index in [1.807, 2.05) is 0 Å². The van der Waals surface area contributed by atoms with Gasteiger partial charge in [0.25, 0.3) is 0 Å². The average Bonchev–Trinajstić information content (AvgIpc) is 2.35. The molecule has 0 spiro atoms. The number of carbonyl (C=O) groups is 2. The summed E-state index contributed by atoms with van der Waals surface area (Å²) < 4.78 is 0. The second kappa shape index (κ2) is 6.69. The number of amides is 2. The Morgan fingerprint density at radius 1 is 1.53 bits per heavy atom. The molecule has 1 heterocycles. The van der Waals surface area contributed by atoms with Crippen LogP contribution in [0.3, 0.4) is 0 Å². The maximum Gasteiger partial charge on any atom is 0.335 e. The number of hydrogen-bond acceptors (Lipinski definition) is 4. The monoisotopic (exact) mass is 267 g/mol. The van der Waals surface area contributed by atoms with Crippen molar-refractivity contribution in [1.29, 1.82) is 0 Å². The number of likely N-dealkylation sites (N-methyl/N-ethyl adjacent to an activating group) is 1. The Labute approximate surface area is 110 Å². The number of rotatable bonds is 5. The average molecular weight is 267 g/mol. The van der Waals surface area contributed by atoms with E-state index in [-0.39, 0.29) is 24.7 Å². The first-order valence-corrected chi connectivity index (χ1v) is 5.75. The molecule has 7 nitrogen and oxygen atoms in total. The van der Waals surface area contributed by atoms with E-state index >= 15 is 0 Å². The number of hydrogen-bond donors (Lipinski definition) is 3.